The smallest absolute Gasteiger partial charge is 0.223 e. The van der Waals surface area contributed by atoms with Crippen LogP contribution in [0, 0.1) is 0 Å². The van der Waals surface area contributed by atoms with Gasteiger partial charge in [-0.25, -0.2) is 0 Å². The summed E-state index contributed by atoms with van der Waals surface area (Å²) in [6, 6.07) is 0.193. The van der Waals surface area contributed by atoms with Gasteiger partial charge in [-0.3, -0.25) is 9.69 Å². The van der Waals surface area contributed by atoms with Gasteiger partial charge in [-0.2, -0.15) is 0 Å². The maximum atomic E-state index is 11.3. The third kappa shape index (κ3) is 3.32. The standard InChI is InChI=1S/C9H19N3O/c1-8(10)7-12-4-3-9(13)11(2)5-6-12/h8H,3-7,10H2,1-2H3. The molecule has 1 saturated heterocycles. The first-order valence-electron chi connectivity index (χ1n) is 4.81. The van der Waals surface area contributed by atoms with E-state index in [1.807, 2.05) is 14.0 Å². The molecule has 1 unspecified atom stereocenters. The molecule has 1 rings (SSSR count). The minimum Gasteiger partial charge on any atom is -0.344 e. The van der Waals surface area contributed by atoms with Crippen molar-refractivity contribution < 1.29 is 4.79 Å². The molecular weight excluding hydrogens is 166 g/mol. The first-order valence-corrected chi connectivity index (χ1v) is 4.81. The van der Waals surface area contributed by atoms with E-state index in [1.165, 1.54) is 0 Å². The van der Waals surface area contributed by atoms with E-state index < -0.39 is 0 Å². The Bertz CT molecular complexity index is 182. The lowest BCUT2D eigenvalue weighted by Gasteiger charge is -2.21. The van der Waals surface area contributed by atoms with Gasteiger partial charge in [0.15, 0.2) is 0 Å². The molecule has 0 spiro atoms. The second kappa shape index (κ2) is 4.58. The Morgan fingerprint density at radius 1 is 1.46 bits per heavy atom. The summed E-state index contributed by atoms with van der Waals surface area (Å²) in [6.45, 7) is 5.51. The van der Waals surface area contributed by atoms with Crippen LogP contribution in [0.25, 0.3) is 0 Å². The molecule has 0 saturated carbocycles. The molecule has 1 fully saturated rings. The van der Waals surface area contributed by atoms with Crippen molar-refractivity contribution in [2.75, 3.05) is 33.2 Å². The third-order valence-corrected chi connectivity index (χ3v) is 2.37. The molecule has 1 atom stereocenters. The van der Waals surface area contributed by atoms with Crippen LogP contribution in [0.1, 0.15) is 13.3 Å². The molecule has 4 heteroatoms. The molecule has 0 bridgehead atoms. The van der Waals surface area contributed by atoms with E-state index in [0.29, 0.717) is 6.42 Å². The van der Waals surface area contributed by atoms with E-state index in [9.17, 15) is 4.79 Å². The largest absolute Gasteiger partial charge is 0.344 e. The van der Waals surface area contributed by atoms with Crippen LogP contribution in [0.4, 0.5) is 0 Å². The monoisotopic (exact) mass is 185 g/mol. The predicted octanol–water partition coefficient (Wildman–Crippen LogP) is -0.502. The van der Waals surface area contributed by atoms with Gasteiger partial charge in [-0.05, 0) is 6.92 Å². The number of carbonyl (C=O) groups excluding carboxylic acids is 1. The van der Waals surface area contributed by atoms with Crippen molar-refractivity contribution in [2.45, 2.75) is 19.4 Å². The van der Waals surface area contributed by atoms with Gasteiger partial charge < -0.3 is 10.6 Å². The molecule has 76 valence electrons. The number of nitrogens with zero attached hydrogens (tertiary/aromatic N) is 2. The highest BCUT2D eigenvalue weighted by Gasteiger charge is 2.17. The highest BCUT2D eigenvalue weighted by molar-refractivity contribution is 5.76. The van der Waals surface area contributed by atoms with Crippen molar-refractivity contribution in [2.24, 2.45) is 5.73 Å². The zero-order valence-electron chi connectivity index (χ0n) is 8.49. The van der Waals surface area contributed by atoms with Gasteiger partial charge in [-0.1, -0.05) is 0 Å². The summed E-state index contributed by atoms with van der Waals surface area (Å²) in [5, 5.41) is 0. The average Bonchev–Trinajstić information content (AvgIpc) is 2.19. The molecule has 2 N–H and O–H groups in total. The van der Waals surface area contributed by atoms with Crippen LogP contribution in [0.2, 0.25) is 0 Å². The molecule has 1 aliphatic heterocycles. The summed E-state index contributed by atoms with van der Waals surface area (Å²) in [5.41, 5.74) is 5.70. The topological polar surface area (TPSA) is 49.6 Å². The van der Waals surface area contributed by atoms with E-state index in [1.54, 1.807) is 4.90 Å². The average molecular weight is 185 g/mol. The molecule has 4 nitrogen and oxygen atoms in total. The summed E-state index contributed by atoms with van der Waals surface area (Å²) in [4.78, 5) is 15.4. The van der Waals surface area contributed by atoms with Gasteiger partial charge in [0.25, 0.3) is 0 Å². The van der Waals surface area contributed by atoms with Crippen molar-refractivity contribution in [3.63, 3.8) is 0 Å². The van der Waals surface area contributed by atoms with Crippen LogP contribution >= 0.6 is 0 Å². The highest BCUT2D eigenvalue weighted by atomic mass is 16.2. The van der Waals surface area contributed by atoms with Crippen molar-refractivity contribution in [3.8, 4) is 0 Å². The van der Waals surface area contributed by atoms with E-state index in [-0.39, 0.29) is 11.9 Å². The van der Waals surface area contributed by atoms with Crippen LogP contribution in [0.5, 0.6) is 0 Å². The van der Waals surface area contributed by atoms with Crippen molar-refractivity contribution in [3.05, 3.63) is 0 Å². The summed E-state index contributed by atoms with van der Waals surface area (Å²) in [6.07, 6.45) is 0.628. The van der Waals surface area contributed by atoms with Crippen LogP contribution in [-0.4, -0.2) is 55.0 Å². The van der Waals surface area contributed by atoms with Gasteiger partial charge in [0.1, 0.15) is 0 Å². The van der Waals surface area contributed by atoms with Crippen LogP contribution in [0.3, 0.4) is 0 Å². The summed E-state index contributed by atoms with van der Waals surface area (Å²) >= 11 is 0. The third-order valence-electron chi connectivity index (χ3n) is 2.37. The van der Waals surface area contributed by atoms with Crippen molar-refractivity contribution >= 4 is 5.91 Å². The quantitative estimate of drug-likeness (QED) is 0.631. The molecule has 1 amide bonds. The normalized spacial score (nSPS) is 23.0. The lowest BCUT2D eigenvalue weighted by atomic mass is 10.3. The lowest BCUT2D eigenvalue weighted by Crippen LogP contribution is -2.37. The highest BCUT2D eigenvalue weighted by Crippen LogP contribution is 2.02. The molecule has 13 heavy (non-hydrogen) atoms. The van der Waals surface area contributed by atoms with E-state index in [0.717, 1.165) is 26.2 Å². The SMILES string of the molecule is CC(N)CN1CCC(=O)N(C)CC1. The second-order valence-electron chi connectivity index (χ2n) is 3.84. The fraction of sp³-hybridized carbons (Fsp3) is 0.889. The van der Waals surface area contributed by atoms with Gasteiger partial charge >= 0.3 is 0 Å². The zero-order valence-corrected chi connectivity index (χ0v) is 8.49. The number of amides is 1. The molecule has 0 aromatic rings. The summed E-state index contributed by atoms with van der Waals surface area (Å²) in [7, 11) is 1.86. The predicted molar refractivity (Wildman–Crippen MR) is 52.3 cm³/mol. The molecule has 1 aliphatic rings. The molecule has 0 aromatic carbocycles. The fourth-order valence-electron chi connectivity index (χ4n) is 1.56. The molecule has 0 aliphatic carbocycles. The Morgan fingerprint density at radius 3 is 2.77 bits per heavy atom. The van der Waals surface area contributed by atoms with Crippen LogP contribution in [-0.2, 0) is 4.79 Å². The van der Waals surface area contributed by atoms with Gasteiger partial charge in [-0.15, -0.1) is 0 Å². The molecular formula is C9H19N3O. The Balaban J connectivity index is 2.40. The summed E-state index contributed by atoms with van der Waals surface area (Å²) < 4.78 is 0. The Morgan fingerprint density at radius 2 is 2.15 bits per heavy atom. The van der Waals surface area contributed by atoms with E-state index in [2.05, 4.69) is 4.90 Å². The molecule has 0 radical (unpaired) electrons. The minimum atomic E-state index is 0.193. The number of likely N-dealkylation sites (N-methyl/N-ethyl adjacent to an activating group) is 1. The molecule has 0 aromatic heterocycles. The molecule has 1 heterocycles. The van der Waals surface area contributed by atoms with Gasteiger partial charge in [0.05, 0.1) is 0 Å². The zero-order chi connectivity index (χ0) is 9.84. The Labute approximate surface area is 79.7 Å². The number of rotatable bonds is 2. The lowest BCUT2D eigenvalue weighted by molar-refractivity contribution is -0.129. The van der Waals surface area contributed by atoms with E-state index in [4.69, 9.17) is 5.73 Å². The number of carbonyl (C=O) groups is 1. The van der Waals surface area contributed by atoms with Crippen LogP contribution in [0.15, 0.2) is 0 Å². The van der Waals surface area contributed by atoms with Gasteiger partial charge in [0.2, 0.25) is 5.91 Å². The van der Waals surface area contributed by atoms with Gasteiger partial charge in [0, 0.05) is 45.7 Å². The fourth-order valence-corrected chi connectivity index (χ4v) is 1.56. The van der Waals surface area contributed by atoms with Crippen molar-refractivity contribution in [1.82, 2.24) is 9.80 Å². The first-order chi connectivity index (χ1) is 6.09. The number of nitrogens with two attached hydrogens (primary N) is 1. The number of hydrogen-bond donors (Lipinski definition) is 1. The summed E-state index contributed by atoms with van der Waals surface area (Å²) in [5.74, 6) is 0.243. The van der Waals surface area contributed by atoms with Crippen LogP contribution < -0.4 is 5.73 Å². The maximum absolute atomic E-state index is 11.3. The maximum Gasteiger partial charge on any atom is 0.223 e. The minimum absolute atomic E-state index is 0.193. The Hall–Kier alpha value is -0.610. The Kier molecular flexibility index (Phi) is 3.69. The van der Waals surface area contributed by atoms with Crippen molar-refractivity contribution in [1.29, 1.82) is 0 Å². The second-order valence-corrected chi connectivity index (χ2v) is 3.84. The first kappa shape index (κ1) is 10.5. The van der Waals surface area contributed by atoms with E-state index >= 15 is 0 Å². The number of hydrogen-bond acceptors (Lipinski definition) is 3.